The van der Waals surface area contributed by atoms with Gasteiger partial charge in [0.15, 0.2) is 0 Å². The molecule has 0 bridgehead atoms. The highest BCUT2D eigenvalue weighted by atomic mass is 16.1. The Morgan fingerprint density at radius 1 is 1.73 bits per heavy atom. The molecule has 0 fully saturated rings. The van der Waals surface area contributed by atoms with Crippen LogP contribution in [0.25, 0.3) is 0 Å². The van der Waals surface area contributed by atoms with E-state index < -0.39 is 0 Å². The van der Waals surface area contributed by atoms with Crippen molar-refractivity contribution in [3.8, 4) is 0 Å². The van der Waals surface area contributed by atoms with Gasteiger partial charge < -0.3 is 4.79 Å². The third-order valence-electron chi connectivity index (χ3n) is 2.58. The van der Waals surface area contributed by atoms with Gasteiger partial charge in [-0.3, -0.25) is 0 Å². The molecule has 0 aromatic rings. The first-order valence-corrected chi connectivity index (χ1v) is 4.48. The molecule has 0 amide bonds. The lowest BCUT2D eigenvalue weighted by Crippen LogP contribution is -2.10. The molecule has 0 heterocycles. The molecule has 1 rings (SSSR count). The largest absolute Gasteiger partial charge is 0.303 e. The summed E-state index contributed by atoms with van der Waals surface area (Å²) in [6.45, 7) is 2.17. The standard InChI is InChI=1S/C10H16O/c1-2-9(7-8-11)10-5-3-4-6-10/h3,5,8-10H,2,4,6-7H2,1H3. The van der Waals surface area contributed by atoms with Crippen LogP contribution < -0.4 is 0 Å². The van der Waals surface area contributed by atoms with Crippen LogP contribution in [0.15, 0.2) is 12.2 Å². The van der Waals surface area contributed by atoms with E-state index in [0.717, 1.165) is 19.1 Å². The Kier molecular flexibility index (Phi) is 3.34. The number of carbonyl (C=O) groups is 1. The second-order valence-corrected chi connectivity index (χ2v) is 3.24. The van der Waals surface area contributed by atoms with Crippen molar-refractivity contribution in [1.82, 2.24) is 0 Å². The van der Waals surface area contributed by atoms with Gasteiger partial charge in [-0.1, -0.05) is 25.5 Å². The van der Waals surface area contributed by atoms with Gasteiger partial charge in [0.2, 0.25) is 0 Å². The summed E-state index contributed by atoms with van der Waals surface area (Å²) in [4.78, 5) is 10.3. The summed E-state index contributed by atoms with van der Waals surface area (Å²) in [5.41, 5.74) is 0. The van der Waals surface area contributed by atoms with Gasteiger partial charge in [-0.25, -0.2) is 0 Å². The normalized spacial score (nSPS) is 25.4. The summed E-state index contributed by atoms with van der Waals surface area (Å²) in [7, 11) is 0. The summed E-state index contributed by atoms with van der Waals surface area (Å²) in [5, 5.41) is 0. The van der Waals surface area contributed by atoms with E-state index in [1.54, 1.807) is 0 Å². The predicted molar refractivity (Wildman–Crippen MR) is 46.3 cm³/mol. The van der Waals surface area contributed by atoms with Gasteiger partial charge in [0, 0.05) is 6.42 Å². The van der Waals surface area contributed by atoms with Crippen molar-refractivity contribution in [2.45, 2.75) is 32.6 Å². The Bertz CT molecular complexity index is 149. The summed E-state index contributed by atoms with van der Waals surface area (Å²) in [5.74, 6) is 1.29. The fourth-order valence-electron chi connectivity index (χ4n) is 1.82. The number of allylic oxidation sites excluding steroid dienone is 2. The zero-order chi connectivity index (χ0) is 8.10. The maximum Gasteiger partial charge on any atom is 0.120 e. The maximum atomic E-state index is 10.3. The Balaban J connectivity index is 2.39. The molecule has 0 N–H and O–H groups in total. The van der Waals surface area contributed by atoms with Crippen LogP contribution in [-0.4, -0.2) is 6.29 Å². The number of rotatable bonds is 4. The van der Waals surface area contributed by atoms with Crippen molar-refractivity contribution in [3.05, 3.63) is 12.2 Å². The summed E-state index contributed by atoms with van der Waals surface area (Å²) in [6.07, 6.45) is 9.90. The maximum absolute atomic E-state index is 10.3. The fraction of sp³-hybridized carbons (Fsp3) is 0.700. The lowest BCUT2D eigenvalue weighted by Gasteiger charge is -2.17. The molecule has 1 heteroatoms. The van der Waals surface area contributed by atoms with Crippen LogP contribution in [-0.2, 0) is 4.79 Å². The molecule has 1 nitrogen and oxygen atoms in total. The van der Waals surface area contributed by atoms with Crippen LogP contribution in [0.4, 0.5) is 0 Å². The molecular weight excluding hydrogens is 136 g/mol. The van der Waals surface area contributed by atoms with Gasteiger partial charge in [0.1, 0.15) is 6.29 Å². The van der Waals surface area contributed by atoms with Crippen molar-refractivity contribution in [1.29, 1.82) is 0 Å². The zero-order valence-corrected chi connectivity index (χ0v) is 7.12. The van der Waals surface area contributed by atoms with E-state index >= 15 is 0 Å². The second kappa shape index (κ2) is 4.32. The minimum absolute atomic E-state index is 0.603. The Hall–Kier alpha value is -0.590. The molecule has 0 saturated heterocycles. The first-order chi connectivity index (χ1) is 5.38. The SMILES string of the molecule is CCC(CC=O)C1C=CCC1. The molecule has 0 aliphatic heterocycles. The monoisotopic (exact) mass is 152 g/mol. The van der Waals surface area contributed by atoms with Gasteiger partial charge in [-0.2, -0.15) is 0 Å². The molecular formula is C10H16O. The average Bonchev–Trinajstić information content (AvgIpc) is 2.52. The highest BCUT2D eigenvalue weighted by Gasteiger charge is 2.18. The van der Waals surface area contributed by atoms with Crippen molar-refractivity contribution in [2.24, 2.45) is 11.8 Å². The highest BCUT2D eigenvalue weighted by Crippen LogP contribution is 2.28. The molecule has 0 aromatic carbocycles. The lowest BCUT2D eigenvalue weighted by molar-refractivity contribution is -0.108. The molecule has 1 aliphatic carbocycles. The molecule has 0 spiro atoms. The van der Waals surface area contributed by atoms with Crippen LogP contribution in [0.2, 0.25) is 0 Å². The van der Waals surface area contributed by atoms with Crippen molar-refractivity contribution in [3.63, 3.8) is 0 Å². The van der Waals surface area contributed by atoms with Gasteiger partial charge in [-0.05, 0) is 24.7 Å². The minimum atomic E-state index is 0.603. The van der Waals surface area contributed by atoms with Gasteiger partial charge in [0.25, 0.3) is 0 Å². The Morgan fingerprint density at radius 3 is 3.00 bits per heavy atom. The van der Waals surface area contributed by atoms with Crippen molar-refractivity contribution < 1.29 is 4.79 Å². The van der Waals surface area contributed by atoms with E-state index in [9.17, 15) is 4.79 Å². The molecule has 62 valence electrons. The van der Waals surface area contributed by atoms with E-state index in [-0.39, 0.29) is 0 Å². The van der Waals surface area contributed by atoms with Gasteiger partial charge in [-0.15, -0.1) is 0 Å². The van der Waals surface area contributed by atoms with E-state index in [4.69, 9.17) is 0 Å². The van der Waals surface area contributed by atoms with E-state index in [0.29, 0.717) is 11.8 Å². The first kappa shape index (κ1) is 8.51. The molecule has 0 saturated carbocycles. The summed E-state index contributed by atoms with van der Waals surface area (Å²) < 4.78 is 0. The smallest absolute Gasteiger partial charge is 0.120 e. The molecule has 11 heavy (non-hydrogen) atoms. The van der Waals surface area contributed by atoms with Crippen LogP contribution in [0.5, 0.6) is 0 Å². The highest BCUT2D eigenvalue weighted by molar-refractivity contribution is 5.49. The third kappa shape index (κ3) is 2.18. The minimum Gasteiger partial charge on any atom is -0.303 e. The van der Waals surface area contributed by atoms with E-state index in [1.807, 2.05) is 0 Å². The van der Waals surface area contributed by atoms with E-state index in [2.05, 4.69) is 19.1 Å². The molecule has 2 unspecified atom stereocenters. The quantitative estimate of drug-likeness (QED) is 0.447. The lowest BCUT2D eigenvalue weighted by atomic mass is 9.87. The molecule has 2 atom stereocenters. The summed E-state index contributed by atoms with van der Waals surface area (Å²) >= 11 is 0. The zero-order valence-electron chi connectivity index (χ0n) is 7.12. The van der Waals surface area contributed by atoms with Crippen LogP contribution in [0, 0.1) is 11.8 Å². The second-order valence-electron chi connectivity index (χ2n) is 3.24. The number of aldehydes is 1. The Morgan fingerprint density at radius 2 is 2.55 bits per heavy atom. The van der Waals surface area contributed by atoms with Gasteiger partial charge >= 0.3 is 0 Å². The number of carbonyl (C=O) groups excluding carboxylic acids is 1. The van der Waals surface area contributed by atoms with Crippen LogP contribution in [0.1, 0.15) is 32.6 Å². The first-order valence-electron chi connectivity index (χ1n) is 4.48. The predicted octanol–water partition coefficient (Wildman–Crippen LogP) is 2.57. The van der Waals surface area contributed by atoms with Crippen LogP contribution in [0.3, 0.4) is 0 Å². The molecule has 0 radical (unpaired) electrons. The number of hydrogen-bond donors (Lipinski definition) is 0. The van der Waals surface area contributed by atoms with Crippen molar-refractivity contribution in [2.75, 3.05) is 0 Å². The number of hydrogen-bond acceptors (Lipinski definition) is 1. The van der Waals surface area contributed by atoms with Crippen molar-refractivity contribution >= 4 is 6.29 Å². The van der Waals surface area contributed by atoms with Gasteiger partial charge in [0.05, 0.1) is 0 Å². The van der Waals surface area contributed by atoms with Crippen LogP contribution >= 0.6 is 0 Å². The topological polar surface area (TPSA) is 17.1 Å². The summed E-state index contributed by atoms with van der Waals surface area (Å²) in [6, 6.07) is 0. The van der Waals surface area contributed by atoms with E-state index in [1.165, 1.54) is 12.8 Å². The molecule has 0 aromatic heterocycles. The fourth-order valence-corrected chi connectivity index (χ4v) is 1.82. The Labute approximate surface area is 68.5 Å². The third-order valence-corrected chi connectivity index (χ3v) is 2.58. The molecule has 1 aliphatic rings. The average molecular weight is 152 g/mol.